The summed E-state index contributed by atoms with van der Waals surface area (Å²) in [6, 6.07) is 9.64. The molecular formula is C14H19N3O3. The normalized spacial score (nSPS) is 18.5. The highest BCUT2D eigenvalue weighted by atomic mass is 16.5. The molecule has 0 bridgehead atoms. The molecule has 20 heavy (non-hydrogen) atoms. The van der Waals surface area contributed by atoms with Crippen molar-refractivity contribution in [2.75, 3.05) is 18.2 Å². The van der Waals surface area contributed by atoms with E-state index in [9.17, 15) is 4.79 Å². The Morgan fingerprint density at radius 2 is 2.20 bits per heavy atom. The maximum absolute atomic E-state index is 10.8. The van der Waals surface area contributed by atoms with Crippen LogP contribution < -0.4 is 15.8 Å². The number of para-hydroxylation sites is 1. The number of nitrogens with one attached hydrogen (secondary N) is 2. The van der Waals surface area contributed by atoms with Crippen LogP contribution in [0.2, 0.25) is 0 Å². The highest BCUT2D eigenvalue weighted by Crippen LogP contribution is 2.25. The molecule has 1 aliphatic rings. The first-order valence-corrected chi connectivity index (χ1v) is 6.52. The highest BCUT2D eigenvalue weighted by molar-refractivity contribution is 5.60. The van der Waals surface area contributed by atoms with E-state index < -0.39 is 0 Å². The molecule has 0 spiro atoms. The maximum Gasteiger partial charge on any atom is 0.212 e. The summed E-state index contributed by atoms with van der Waals surface area (Å²) < 4.78 is 5.66. The predicted molar refractivity (Wildman–Crippen MR) is 75.4 cm³/mol. The van der Waals surface area contributed by atoms with E-state index in [0.29, 0.717) is 25.3 Å². The molecule has 1 amide bonds. The van der Waals surface area contributed by atoms with Crippen LogP contribution in [-0.4, -0.2) is 31.0 Å². The molecule has 0 saturated heterocycles. The molecule has 0 fully saturated rings. The lowest BCUT2D eigenvalue weighted by Crippen LogP contribution is -2.41. The zero-order chi connectivity index (χ0) is 14.4. The fourth-order valence-electron chi connectivity index (χ4n) is 2.02. The van der Waals surface area contributed by atoms with Gasteiger partial charge in [0.15, 0.2) is 6.23 Å². The van der Waals surface area contributed by atoms with E-state index in [4.69, 9.17) is 9.84 Å². The topological polar surface area (TPSA) is 73.8 Å². The molecule has 1 aliphatic heterocycles. The Kier molecular flexibility index (Phi) is 5.11. The van der Waals surface area contributed by atoms with Crippen LogP contribution in [0.15, 0.2) is 41.7 Å². The summed E-state index contributed by atoms with van der Waals surface area (Å²) >= 11 is 0. The number of carbonyl (C=O) groups excluding carboxylic acids is 1. The van der Waals surface area contributed by atoms with Crippen molar-refractivity contribution in [1.29, 1.82) is 0 Å². The molecule has 1 aromatic rings. The van der Waals surface area contributed by atoms with Crippen molar-refractivity contribution in [3.63, 3.8) is 0 Å². The molecule has 0 saturated carbocycles. The van der Waals surface area contributed by atoms with Gasteiger partial charge in [-0.15, -0.1) is 0 Å². The number of nitrogens with zero attached hydrogens (tertiary/aromatic N) is 1. The average molecular weight is 277 g/mol. The monoisotopic (exact) mass is 277 g/mol. The fraction of sp³-hybridized carbons (Fsp3) is 0.357. The van der Waals surface area contributed by atoms with E-state index in [1.54, 1.807) is 5.01 Å². The van der Waals surface area contributed by atoms with Crippen LogP contribution in [0, 0.1) is 0 Å². The van der Waals surface area contributed by atoms with Gasteiger partial charge in [-0.2, -0.15) is 5.43 Å². The molecule has 108 valence electrons. The average Bonchev–Trinajstić information content (AvgIpc) is 2.78. The second kappa shape index (κ2) is 7.04. The summed E-state index contributed by atoms with van der Waals surface area (Å²) in [7, 11) is 0. The lowest BCUT2D eigenvalue weighted by molar-refractivity contribution is -0.109. The van der Waals surface area contributed by atoms with E-state index in [1.807, 2.05) is 37.3 Å². The van der Waals surface area contributed by atoms with E-state index in [1.165, 1.54) is 0 Å². The quantitative estimate of drug-likeness (QED) is 0.506. The summed E-state index contributed by atoms with van der Waals surface area (Å²) in [5.41, 5.74) is 4.98. The van der Waals surface area contributed by atoms with E-state index in [0.717, 1.165) is 11.3 Å². The molecule has 1 heterocycles. The minimum atomic E-state index is -0.316. The van der Waals surface area contributed by atoms with Crippen molar-refractivity contribution in [1.82, 2.24) is 10.7 Å². The fourth-order valence-corrected chi connectivity index (χ4v) is 2.02. The van der Waals surface area contributed by atoms with Crippen molar-refractivity contribution in [3.8, 4) is 0 Å². The number of carbonyl (C=O) groups is 1. The Morgan fingerprint density at radius 1 is 1.45 bits per heavy atom. The number of amides is 1. The van der Waals surface area contributed by atoms with Crippen LogP contribution in [-0.2, 0) is 9.53 Å². The van der Waals surface area contributed by atoms with Crippen molar-refractivity contribution >= 4 is 12.1 Å². The van der Waals surface area contributed by atoms with Crippen LogP contribution in [0.1, 0.15) is 13.3 Å². The third-order valence-corrected chi connectivity index (χ3v) is 3.03. The van der Waals surface area contributed by atoms with Gasteiger partial charge in [0.1, 0.15) is 5.82 Å². The Bertz CT molecular complexity index is 476. The van der Waals surface area contributed by atoms with Gasteiger partial charge in [0.25, 0.3) is 0 Å². The largest absolute Gasteiger partial charge is 0.396 e. The number of aliphatic hydroxyl groups is 1. The summed E-state index contributed by atoms with van der Waals surface area (Å²) in [5.74, 6) is 0.667. The third kappa shape index (κ3) is 3.16. The Balaban J connectivity index is 2.15. The second-order valence-electron chi connectivity index (χ2n) is 4.42. The van der Waals surface area contributed by atoms with Gasteiger partial charge in [-0.05, 0) is 25.5 Å². The van der Waals surface area contributed by atoms with Gasteiger partial charge in [-0.3, -0.25) is 9.80 Å². The lowest BCUT2D eigenvalue weighted by Gasteiger charge is -2.23. The van der Waals surface area contributed by atoms with Crippen LogP contribution in [0.25, 0.3) is 0 Å². The van der Waals surface area contributed by atoms with E-state index in [-0.39, 0.29) is 12.8 Å². The molecule has 6 nitrogen and oxygen atoms in total. The standard InChI is InChI=1S/C14H19N3O3/c1-11-13(15-10-19)17(12-6-3-2-4-7-12)16-14(11)20-9-5-8-18/h2-4,6-7,10,14,16,18H,5,8-9H2,1H3,(H,15,19). The Morgan fingerprint density at radius 3 is 2.85 bits per heavy atom. The number of aliphatic hydroxyl groups excluding tert-OH is 1. The zero-order valence-electron chi connectivity index (χ0n) is 11.4. The Labute approximate surface area is 118 Å². The van der Waals surface area contributed by atoms with Crippen LogP contribution >= 0.6 is 0 Å². The van der Waals surface area contributed by atoms with Gasteiger partial charge in [-0.1, -0.05) is 18.2 Å². The van der Waals surface area contributed by atoms with Gasteiger partial charge in [0.05, 0.1) is 12.3 Å². The molecule has 1 atom stereocenters. The molecule has 1 unspecified atom stereocenters. The Hall–Kier alpha value is -1.89. The zero-order valence-corrected chi connectivity index (χ0v) is 11.4. The summed E-state index contributed by atoms with van der Waals surface area (Å²) in [6.07, 6.45) is 0.906. The first-order chi connectivity index (χ1) is 9.77. The molecule has 3 N–H and O–H groups in total. The first kappa shape index (κ1) is 14.5. The van der Waals surface area contributed by atoms with Crippen molar-refractivity contribution in [2.24, 2.45) is 0 Å². The molecule has 0 radical (unpaired) electrons. The SMILES string of the molecule is CC1=C(NC=O)N(c2ccccc2)NC1OCCCO. The van der Waals surface area contributed by atoms with Gasteiger partial charge in [-0.25, -0.2) is 0 Å². The van der Waals surface area contributed by atoms with Crippen LogP contribution in [0.5, 0.6) is 0 Å². The molecular weight excluding hydrogens is 258 g/mol. The molecule has 2 rings (SSSR count). The number of anilines is 1. The summed E-state index contributed by atoms with van der Waals surface area (Å²) in [4.78, 5) is 10.8. The molecule has 0 aromatic heterocycles. The number of hydrogen-bond donors (Lipinski definition) is 3. The molecule has 6 heteroatoms. The number of hydrogen-bond acceptors (Lipinski definition) is 5. The van der Waals surface area contributed by atoms with E-state index >= 15 is 0 Å². The van der Waals surface area contributed by atoms with Crippen molar-refractivity contribution < 1.29 is 14.6 Å². The number of rotatable bonds is 7. The summed E-state index contributed by atoms with van der Waals surface area (Å²) in [5, 5.41) is 13.3. The predicted octanol–water partition coefficient (Wildman–Crippen LogP) is 0.714. The van der Waals surface area contributed by atoms with Gasteiger partial charge >= 0.3 is 0 Å². The third-order valence-electron chi connectivity index (χ3n) is 3.03. The smallest absolute Gasteiger partial charge is 0.212 e. The maximum atomic E-state index is 10.8. The molecule has 1 aromatic carbocycles. The van der Waals surface area contributed by atoms with Crippen molar-refractivity contribution in [2.45, 2.75) is 19.6 Å². The minimum Gasteiger partial charge on any atom is -0.396 e. The lowest BCUT2D eigenvalue weighted by atomic mass is 10.2. The van der Waals surface area contributed by atoms with Gasteiger partial charge < -0.3 is 15.2 Å². The van der Waals surface area contributed by atoms with Crippen LogP contribution in [0.4, 0.5) is 5.69 Å². The number of hydrazine groups is 1. The van der Waals surface area contributed by atoms with Crippen molar-refractivity contribution in [3.05, 3.63) is 41.7 Å². The minimum absolute atomic E-state index is 0.0946. The number of ether oxygens (including phenoxy) is 1. The summed E-state index contributed by atoms with van der Waals surface area (Å²) in [6.45, 7) is 2.44. The molecule has 0 aliphatic carbocycles. The number of benzene rings is 1. The van der Waals surface area contributed by atoms with Gasteiger partial charge in [0, 0.05) is 12.2 Å². The highest BCUT2D eigenvalue weighted by Gasteiger charge is 2.29. The first-order valence-electron chi connectivity index (χ1n) is 6.52. The van der Waals surface area contributed by atoms with Gasteiger partial charge in [0.2, 0.25) is 6.41 Å². The van der Waals surface area contributed by atoms with Crippen LogP contribution in [0.3, 0.4) is 0 Å². The second-order valence-corrected chi connectivity index (χ2v) is 4.42. The van der Waals surface area contributed by atoms with E-state index in [2.05, 4.69) is 10.7 Å².